The molecule has 0 bridgehead atoms. The topological polar surface area (TPSA) is 23.5 Å². The first-order valence-corrected chi connectivity index (χ1v) is 8.77. The van der Waals surface area contributed by atoms with E-state index < -0.39 is 0 Å². The van der Waals surface area contributed by atoms with Crippen molar-refractivity contribution in [2.45, 2.75) is 61.3 Å². The Labute approximate surface area is 126 Å². The van der Waals surface area contributed by atoms with Gasteiger partial charge in [0.05, 0.1) is 6.10 Å². The molecule has 0 spiro atoms. The number of aliphatic hydroxyl groups excluding tert-OH is 1. The molecule has 0 saturated carbocycles. The van der Waals surface area contributed by atoms with Gasteiger partial charge in [0.1, 0.15) is 0 Å². The Morgan fingerprint density at radius 2 is 2.20 bits per heavy atom. The fourth-order valence-corrected chi connectivity index (χ4v) is 4.93. The van der Waals surface area contributed by atoms with Gasteiger partial charge in [-0.2, -0.15) is 0 Å². The number of fused-ring (bicyclic) bond motifs is 1. The van der Waals surface area contributed by atoms with Crippen LogP contribution in [0.4, 0.5) is 0 Å². The zero-order valence-corrected chi connectivity index (χ0v) is 13.1. The number of thioether (sulfide) groups is 1. The number of likely N-dealkylation sites (tertiary alicyclic amines) is 1. The van der Waals surface area contributed by atoms with Crippen molar-refractivity contribution in [3.05, 3.63) is 29.8 Å². The van der Waals surface area contributed by atoms with E-state index in [2.05, 4.69) is 29.2 Å². The number of piperidine rings is 1. The maximum atomic E-state index is 9.69. The van der Waals surface area contributed by atoms with Gasteiger partial charge in [-0.25, -0.2) is 0 Å². The number of benzene rings is 1. The smallest absolute Gasteiger partial charge is 0.0527 e. The van der Waals surface area contributed by atoms with Crippen LogP contribution in [0.3, 0.4) is 0 Å². The minimum Gasteiger partial charge on any atom is -0.393 e. The molecule has 2 aliphatic heterocycles. The predicted molar refractivity (Wildman–Crippen MR) is 85.3 cm³/mol. The molecule has 2 aliphatic rings. The Hall–Kier alpha value is -0.510. The predicted octanol–water partition coefficient (Wildman–Crippen LogP) is 3.33. The van der Waals surface area contributed by atoms with Crippen LogP contribution in [-0.2, 0) is 6.42 Å². The highest BCUT2D eigenvalue weighted by atomic mass is 32.2. The van der Waals surface area contributed by atoms with Crippen LogP contribution in [0.5, 0.6) is 0 Å². The van der Waals surface area contributed by atoms with Crippen molar-refractivity contribution in [1.82, 2.24) is 4.90 Å². The maximum Gasteiger partial charge on any atom is 0.0527 e. The highest BCUT2D eigenvalue weighted by Gasteiger charge is 2.29. The quantitative estimate of drug-likeness (QED) is 0.920. The molecule has 1 aromatic carbocycles. The van der Waals surface area contributed by atoms with Gasteiger partial charge in [-0.3, -0.25) is 4.90 Å². The third kappa shape index (κ3) is 3.38. The molecule has 3 unspecified atom stereocenters. The summed E-state index contributed by atoms with van der Waals surface area (Å²) in [7, 11) is 0. The second-order valence-electron chi connectivity index (χ2n) is 6.28. The van der Waals surface area contributed by atoms with Gasteiger partial charge in [0.2, 0.25) is 0 Å². The summed E-state index contributed by atoms with van der Waals surface area (Å²) in [6, 6.07) is 9.41. The summed E-state index contributed by atoms with van der Waals surface area (Å²) < 4.78 is 0. The molecule has 0 amide bonds. The molecule has 20 heavy (non-hydrogen) atoms. The zero-order valence-electron chi connectivity index (χ0n) is 12.3. The molecule has 3 atom stereocenters. The van der Waals surface area contributed by atoms with Crippen molar-refractivity contribution in [2.75, 3.05) is 13.1 Å². The van der Waals surface area contributed by atoms with Crippen LogP contribution in [-0.4, -0.2) is 40.5 Å². The minimum absolute atomic E-state index is 0.172. The van der Waals surface area contributed by atoms with Gasteiger partial charge in [-0.1, -0.05) is 24.6 Å². The monoisotopic (exact) mass is 291 g/mol. The van der Waals surface area contributed by atoms with Gasteiger partial charge < -0.3 is 5.11 Å². The normalized spacial score (nSPS) is 28.3. The van der Waals surface area contributed by atoms with Gasteiger partial charge in [0.15, 0.2) is 0 Å². The van der Waals surface area contributed by atoms with Crippen LogP contribution in [0.2, 0.25) is 0 Å². The van der Waals surface area contributed by atoms with Crippen molar-refractivity contribution in [3.63, 3.8) is 0 Å². The fourth-order valence-electron chi connectivity index (χ4n) is 3.58. The molecule has 1 fully saturated rings. The molecule has 0 aliphatic carbocycles. The lowest BCUT2D eigenvalue weighted by molar-refractivity contribution is 0.0873. The van der Waals surface area contributed by atoms with E-state index in [4.69, 9.17) is 0 Å². The molecule has 2 nitrogen and oxygen atoms in total. The lowest BCUT2D eigenvalue weighted by Gasteiger charge is -2.37. The number of nitrogens with zero attached hydrogens (tertiary/aromatic N) is 1. The van der Waals surface area contributed by atoms with Crippen molar-refractivity contribution in [3.8, 4) is 0 Å². The van der Waals surface area contributed by atoms with Crippen molar-refractivity contribution in [2.24, 2.45) is 0 Å². The van der Waals surface area contributed by atoms with Crippen molar-refractivity contribution >= 4 is 11.8 Å². The van der Waals surface area contributed by atoms with Crippen LogP contribution in [0.15, 0.2) is 29.2 Å². The van der Waals surface area contributed by atoms with Crippen LogP contribution in [0.25, 0.3) is 0 Å². The number of hydrogen-bond donors (Lipinski definition) is 1. The Kier molecular flexibility index (Phi) is 4.69. The number of rotatable bonds is 4. The van der Waals surface area contributed by atoms with Gasteiger partial charge in [-0.15, -0.1) is 11.8 Å². The highest BCUT2D eigenvalue weighted by molar-refractivity contribution is 8.00. The Morgan fingerprint density at radius 1 is 1.35 bits per heavy atom. The minimum atomic E-state index is -0.172. The summed E-state index contributed by atoms with van der Waals surface area (Å²) in [6.45, 7) is 4.31. The van der Waals surface area contributed by atoms with E-state index >= 15 is 0 Å². The van der Waals surface area contributed by atoms with E-state index in [9.17, 15) is 5.11 Å². The van der Waals surface area contributed by atoms with E-state index in [1.807, 2.05) is 18.7 Å². The van der Waals surface area contributed by atoms with Gasteiger partial charge in [-0.05, 0) is 50.8 Å². The van der Waals surface area contributed by atoms with Crippen molar-refractivity contribution < 1.29 is 5.11 Å². The number of aliphatic hydroxyl groups is 1. The number of hydrogen-bond acceptors (Lipinski definition) is 3. The molecule has 3 heteroatoms. The standard InChI is InChI=1S/C17H25NOS/c1-13(19)10-15-7-4-5-9-18(15)12-16-11-14-6-2-3-8-17(14)20-16/h2-3,6,8,13,15-16,19H,4-5,7,9-12H2,1H3. The molecular weight excluding hydrogens is 266 g/mol. The Morgan fingerprint density at radius 3 is 3.00 bits per heavy atom. The van der Waals surface area contributed by atoms with E-state index in [0.29, 0.717) is 11.3 Å². The molecule has 1 aromatic rings. The van der Waals surface area contributed by atoms with Gasteiger partial charge in [0, 0.05) is 22.7 Å². The van der Waals surface area contributed by atoms with E-state index in [1.54, 1.807) is 0 Å². The second-order valence-corrected chi connectivity index (χ2v) is 7.62. The summed E-state index contributed by atoms with van der Waals surface area (Å²) >= 11 is 2.05. The van der Waals surface area contributed by atoms with Crippen LogP contribution in [0.1, 0.15) is 38.2 Å². The summed E-state index contributed by atoms with van der Waals surface area (Å²) in [5, 5.41) is 10.4. The summed E-state index contributed by atoms with van der Waals surface area (Å²) in [5.41, 5.74) is 1.52. The lowest BCUT2D eigenvalue weighted by atomic mass is 9.96. The zero-order chi connectivity index (χ0) is 13.9. The van der Waals surface area contributed by atoms with E-state index in [-0.39, 0.29) is 6.10 Å². The first-order valence-electron chi connectivity index (χ1n) is 7.89. The van der Waals surface area contributed by atoms with E-state index in [1.165, 1.54) is 49.2 Å². The summed E-state index contributed by atoms with van der Waals surface area (Å²) in [4.78, 5) is 4.11. The largest absolute Gasteiger partial charge is 0.393 e. The molecule has 110 valence electrons. The Balaban J connectivity index is 1.60. The van der Waals surface area contributed by atoms with Gasteiger partial charge >= 0.3 is 0 Å². The molecular formula is C17H25NOS. The van der Waals surface area contributed by atoms with Crippen LogP contribution in [0, 0.1) is 0 Å². The molecule has 1 saturated heterocycles. The summed E-state index contributed by atoms with van der Waals surface area (Å²) in [6.07, 6.45) is 5.87. The van der Waals surface area contributed by atoms with Crippen LogP contribution < -0.4 is 0 Å². The molecule has 1 N–H and O–H groups in total. The summed E-state index contributed by atoms with van der Waals surface area (Å²) in [5.74, 6) is 0. The maximum absolute atomic E-state index is 9.69. The SMILES string of the molecule is CC(O)CC1CCCCN1CC1Cc2ccccc2S1. The Bertz CT molecular complexity index is 423. The molecule has 0 radical (unpaired) electrons. The highest BCUT2D eigenvalue weighted by Crippen LogP contribution is 2.38. The third-order valence-corrected chi connectivity index (χ3v) is 5.82. The van der Waals surface area contributed by atoms with Crippen LogP contribution >= 0.6 is 11.8 Å². The third-order valence-electron chi connectivity index (χ3n) is 4.51. The molecule has 0 aromatic heterocycles. The fraction of sp³-hybridized carbons (Fsp3) is 0.647. The molecule has 2 heterocycles. The second kappa shape index (κ2) is 6.50. The average molecular weight is 291 g/mol. The lowest BCUT2D eigenvalue weighted by Crippen LogP contribution is -2.44. The first kappa shape index (κ1) is 14.4. The van der Waals surface area contributed by atoms with Crippen molar-refractivity contribution in [1.29, 1.82) is 0 Å². The van der Waals surface area contributed by atoms with Gasteiger partial charge in [0.25, 0.3) is 0 Å². The molecule has 3 rings (SSSR count). The first-order chi connectivity index (χ1) is 9.72. The van der Waals surface area contributed by atoms with E-state index in [0.717, 1.165) is 6.42 Å². The average Bonchev–Trinajstić information content (AvgIpc) is 2.82.